The molecule has 1 saturated heterocycles. The molecule has 5 heteroatoms. The van der Waals surface area contributed by atoms with Gasteiger partial charge in [-0.05, 0) is 61.9 Å². The number of urea groups is 1. The molecule has 3 N–H and O–H groups in total. The Hall–Kier alpha value is -1.59. The van der Waals surface area contributed by atoms with E-state index in [4.69, 9.17) is 0 Å². The zero-order valence-electron chi connectivity index (χ0n) is 15.8. The van der Waals surface area contributed by atoms with Crippen LogP contribution in [0.15, 0.2) is 24.3 Å². The summed E-state index contributed by atoms with van der Waals surface area (Å²) >= 11 is 0. The summed E-state index contributed by atoms with van der Waals surface area (Å²) in [6.07, 6.45) is 4.27. The first-order valence-electron chi connectivity index (χ1n) is 9.40. The van der Waals surface area contributed by atoms with Gasteiger partial charge in [-0.3, -0.25) is 4.90 Å². The molecule has 0 bridgehead atoms. The van der Waals surface area contributed by atoms with Gasteiger partial charge in [-0.1, -0.05) is 32.9 Å². The van der Waals surface area contributed by atoms with E-state index in [0.29, 0.717) is 12.6 Å². The first-order chi connectivity index (χ1) is 11.9. The number of benzene rings is 1. The first-order valence-corrected chi connectivity index (χ1v) is 9.40. The molecule has 0 spiro atoms. The van der Waals surface area contributed by atoms with Crippen LogP contribution < -0.4 is 10.6 Å². The molecule has 1 aliphatic heterocycles. The Morgan fingerprint density at radius 2 is 1.96 bits per heavy atom. The Bertz CT molecular complexity index is 537. The number of likely N-dealkylation sites (tertiary alicyclic amines) is 1. The lowest BCUT2D eigenvalue weighted by atomic mass is 9.87. The summed E-state index contributed by atoms with van der Waals surface area (Å²) in [6.45, 7) is 9.54. The number of carbonyl (C=O) groups is 1. The Labute approximate surface area is 151 Å². The minimum absolute atomic E-state index is 0.116. The third kappa shape index (κ3) is 6.33. The predicted octanol–water partition coefficient (Wildman–Crippen LogP) is 3.34. The van der Waals surface area contributed by atoms with Crippen LogP contribution in [0.4, 0.5) is 10.5 Å². The lowest BCUT2D eigenvalue weighted by molar-refractivity contribution is 0.157. The van der Waals surface area contributed by atoms with Crippen molar-refractivity contribution in [3.05, 3.63) is 29.8 Å². The van der Waals surface area contributed by atoms with Crippen LogP contribution in [0.2, 0.25) is 0 Å². The number of unbranched alkanes of at least 4 members (excludes halogenated alkanes) is 1. The highest BCUT2D eigenvalue weighted by Gasteiger charge is 2.22. The van der Waals surface area contributed by atoms with E-state index in [-0.39, 0.29) is 18.1 Å². The summed E-state index contributed by atoms with van der Waals surface area (Å²) in [5.41, 5.74) is 2.18. The maximum Gasteiger partial charge on any atom is 0.319 e. The van der Waals surface area contributed by atoms with E-state index >= 15 is 0 Å². The van der Waals surface area contributed by atoms with Crippen molar-refractivity contribution in [1.29, 1.82) is 0 Å². The summed E-state index contributed by atoms with van der Waals surface area (Å²) in [4.78, 5) is 14.3. The third-order valence-electron chi connectivity index (χ3n) is 4.88. The van der Waals surface area contributed by atoms with Gasteiger partial charge in [0, 0.05) is 18.3 Å². The van der Waals surface area contributed by atoms with Crippen molar-refractivity contribution in [3.63, 3.8) is 0 Å². The highest BCUT2D eigenvalue weighted by Crippen LogP contribution is 2.23. The fourth-order valence-corrected chi connectivity index (χ4v) is 3.27. The van der Waals surface area contributed by atoms with Crippen LogP contribution in [0, 0.1) is 0 Å². The summed E-state index contributed by atoms with van der Waals surface area (Å²) in [7, 11) is 0. The number of hydrogen-bond donors (Lipinski definition) is 3. The SMILES string of the molecule is CC(C)(C)c1ccc(NC(=O)NCCCCN2CCCC2CO)cc1. The highest BCUT2D eigenvalue weighted by molar-refractivity contribution is 5.89. The minimum Gasteiger partial charge on any atom is -0.395 e. The number of nitrogens with one attached hydrogen (secondary N) is 2. The molecule has 1 heterocycles. The van der Waals surface area contributed by atoms with E-state index in [9.17, 15) is 9.90 Å². The number of aliphatic hydroxyl groups excluding tert-OH is 1. The van der Waals surface area contributed by atoms with Gasteiger partial charge >= 0.3 is 6.03 Å². The number of rotatable bonds is 7. The maximum atomic E-state index is 11.9. The quantitative estimate of drug-likeness (QED) is 0.663. The van der Waals surface area contributed by atoms with E-state index < -0.39 is 0 Å². The van der Waals surface area contributed by atoms with Gasteiger partial charge in [0.05, 0.1) is 6.61 Å². The van der Waals surface area contributed by atoms with Crippen LogP contribution in [-0.4, -0.2) is 48.3 Å². The molecule has 0 aliphatic carbocycles. The molecule has 2 amide bonds. The smallest absolute Gasteiger partial charge is 0.319 e. The van der Waals surface area contributed by atoms with Gasteiger partial charge in [0.2, 0.25) is 0 Å². The summed E-state index contributed by atoms with van der Waals surface area (Å²) in [6, 6.07) is 8.20. The van der Waals surface area contributed by atoms with Crippen molar-refractivity contribution in [2.45, 2.75) is 57.9 Å². The Balaban J connectivity index is 1.62. The Morgan fingerprint density at radius 1 is 1.24 bits per heavy atom. The highest BCUT2D eigenvalue weighted by atomic mass is 16.3. The molecule has 0 saturated carbocycles. The zero-order valence-corrected chi connectivity index (χ0v) is 15.8. The minimum atomic E-state index is -0.155. The van der Waals surface area contributed by atoms with Crippen LogP contribution in [0.25, 0.3) is 0 Å². The van der Waals surface area contributed by atoms with Gasteiger partial charge in [0.25, 0.3) is 0 Å². The second-order valence-corrected chi connectivity index (χ2v) is 7.93. The summed E-state index contributed by atoms with van der Waals surface area (Å²) < 4.78 is 0. The average molecular weight is 348 g/mol. The van der Waals surface area contributed by atoms with Gasteiger partial charge in [0.1, 0.15) is 0 Å². The van der Waals surface area contributed by atoms with E-state index in [1.807, 2.05) is 12.1 Å². The number of aliphatic hydroxyl groups is 1. The topological polar surface area (TPSA) is 64.6 Å². The lowest BCUT2D eigenvalue weighted by Crippen LogP contribution is -2.34. The number of carbonyl (C=O) groups excluding carboxylic acids is 1. The number of hydrogen-bond acceptors (Lipinski definition) is 3. The van der Waals surface area contributed by atoms with Crippen LogP contribution in [-0.2, 0) is 5.41 Å². The molecule has 1 atom stereocenters. The van der Waals surface area contributed by atoms with Crippen molar-refractivity contribution < 1.29 is 9.90 Å². The fourth-order valence-electron chi connectivity index (χ4n) is 3.27. The molecule has 25 heavy (non-hydrogen) atoms. The molecule has 1 aromatic carbocycles. The molecule has 1 fully saturated rings. The van der Waals surface area contributed by atoms with E-state index in [2.05, 4.69) is 48.4 Å². The second kappa shape index (κ2) is 9.20. The molecular weight excluding hydrogens is 314 g/mol. The van der Waals surface area contributed by atoms with Crippen molar-refractivity contribution in [1.82, 2.24) is 10.2 Å². The van der Waals surface area contributed by atoms with Crippen molar-refractivity contribution in [2.24, 2.45) is 0 Å². The van der Waals surface area contributed by atoms with Crippen LogP contribution in [0.5, 0.6) is 0 Å². The molecule has 1 unspecified atom stereocenters. The Kier molecular flexibility index (Phi) is 7.26. The average Bonchev–Trinajstić information content (AvgIpc) is 3.01. The molecule has 5 nitrogen and oxygen atoms in total. The number of nitrogens with zero attached hydrogens (tertiary/aromatic N) is 1. The normalized spacial score (nSPS) is 18.3. The number of amides is 2. The molecule has 0 aromatic heterocycles. The van der Waals surface area contributed by atoms with Gasteiger partial charge in [-0.25, -0.2) is 4.79 Å². The van der Waals surface area contributed by atoms with Gasteiger partial charge in [0.15, 0.2) is 0 Å². The van der Waals surface area contributed by atoms with Crippen LogP contribution in [0.3, 0.4) is 0 Å². The second-order valence-electron chi connectivity index (χ2n) is 7.93. The van der Waals surface area contributed by atoms with E-state index in [1.165, 1.54) is 12.0 Å². The molecule has 1 aliphatic rings. The van der Waals surface area contributed by atoms with Gasteiger partial charge in [-0.2, -0.15) is 0 Å². The molecule has 2 rings (SSSR count). The summed E-state index contributed by atoms with van der Waals surface area (Å²) in [5, 5.41) is 15.1. The van der Waals surface area contributed by atoms with Crippen LogP contribution >= 0.6 is 0 Å². The molecule has 140 valence electrons. The fraction of sp³-hybridized carbons (Fsp3) is 0.650. The third-order valence-corrected chi connectivity index (χ3v) is 4.88. The predicted molar refractivity (Wildman–Crippen MR) is 103 cm³/mol. The van der Waals surface area contributed by atoms with Gasteiger partial charge in [-0.15, -0.1) is 0 Å². The van der Waals surface area contributed by atoms with Crippen molar-refractivity contribution in [2.75, 3.05) is 31.6 Å². The lowest BCUT2D eigenvalue weighted by Gasteiger charge is -2.22. The maximum absolute atomic E-state index is 11.9. The summed E-state index contributed by atoms with van der Waals surface area (Å²) in [5.74, 6) is 0. The standard InChI is InChI=1S/C20H33N3O2/c1-20(2,3)16-8-10-17(11-9-16)22-19(25)21-12-4-5-13-23-14-6-7-18(23)15-24/h8-11,18,24H,4-7,12-15H2,1-3H3,(H2,21,22,25). The Morgan fingerprint density at radius 3 is 2.60 bits per heavy atom. The first kappa shape index (κ1) is 19.7. The molecule has 1 aromatic rings. The molecule has 0 radical (unpaired) electrons. The number of anilines is 1. The monoisotopic (exact) mass is 347 g/mol. The zero-order chi connectivity index (χ0) is 18.3. The van der Waals surface area contributed by atoms with Gasteiger partial charge < -0.3 is 15.7 Å². The van der Waals surface area contributed by atoms with Crippen molar-refractivity contribution >= 4 is 11.7 Å². The van der Waals surface area contributed by atoms with Crippen molar-refractivity contribution in [3.8, 4) is 0 Å². The largest absolute Gasteiger partial charge is 0.395 e. The molecular formula is C20H33N3O2. The van der Waals surface area contributed by atoms with Crippen LogP contribution in [0.1, 0.15) is 52.0 Å². The van der Waals surface area contributed by atoms with E-state index in [1.54, 1.807) is 0 Å². The van der Waals surface area contributed by atoms with E-state index in [0.717, 1.165) is 38.0 Å².